The number of phenolic OH excluding ortho intramolecular Hbond substituents is 1. The van der Waals surface area contributed by atoms with E-state index in [2.05, 4.69) is 15.2 Å². The molecule has 0 aliphatic rings. The van der Waals surface area contributed by atoms with E-state index in [1.165, 1.54) is 13.0 Å². The Hall–Kier alpha value is -3.05. The van der Waals surface area contributed by atoms with E-state index in [1.54, 1.807) is 18.3 Å². The van der Waals surface area contributed by atoms with Crippen LogP contribution in [0.15, 0.2) is 42.6 Å². The van der Waals surface area contributed by atoms with E-state index in [0.717, 1.165) is 38.9 Å². The Labute approximate surface area is 161 Å². The normalized spacial score (nSPS) is 11.2. The van der Waals surface area contributed by atoms with Crippen LogP contribution in [-0.2, 0) is 6.42 Å². The van der Waals surface area contributed by atoms with Gasteiger partial charge in [0.05, 0.1) is 28.1 Å². The molecule has 6 heteroatoms. The number of carbonyl (C=O) groups is 1. The summed E-state index contributed by atoms with van der Waals surface area (Å²) in [6.07, 6.45) is 2.49. The Balaban J connectivity index is 2.06. The number of fused-ring (bicyclic) bond motifs is 1. The summed E-state index contributed by atoms with van der Waals surface area (Å²) in [6, 6.07) is 10.7. The fourth-order valence-corrected chi connectivity index (χ4v) is 3.85. The lowest BCUT2D eigenvalue weighted by atomic mass is 9.94. The van der Waals surface area contributed by atoms with Crippen LogP contribution in [0.2, 0.25) is 5.02 Å². The second kappa shape index (κ2) is 6.59. The van der Waals surface area contributed by atoms with Gasteiger partial charge in [-0.25, -0.2) is 0 Å². The number of carbonyl (C=O) groups excluding carboxylic acids is 1. The van der Waals surface area contributed by atoms with Crippen molar-refractivity contribution in [3.8, 4) is 28.1 Å². The quantitative estimate of drug-likeness (QED) is 0.418. The Bertz CT molecular complexity index is 1170. The Morgan fingerprint density at radius 1 is 1.22 bits per heavy atom. The molecule has 0 aliphatic heterocycles. The number of aromatic amines is 2. The first-order chi connectivity index (χ1) is 13.0. The zero-order valence-corrected chi connectivity index (χ0v) is 15.7. The van der Waals surface area contributed by atoms with E-state index < -0.39 is 0 Å². The molecule has 136 valence electrons. The summed E-state index contributed by atoms with van der Waals surface area (Å²) in [5.41, 5.74) is 5.80. The molecule has 0 bridgehead atoms. The highest BCUT2D eigenvalue weighted by Gasteiger charge is 2.24. The van der Waals surface area contributed by atoms with E-state index in [4.69, 9.17) is 11.6 Å². The van der Waals surface area contributed by atoms with E-state index in [-0.39, 0.29) is 11.5 Å². The van der Waals surface area contributed by atoms with Gasteiger partial charge in [0, 0.05) is 29.0 Å². The van der Waals surface area contributed by atoms with Gasteiger partial charge < -0.3 is 10.1 Å². The lowest BCUT2D eigenvalue weighted by molar-refractivity contribution is 0.101. The number of rotatable bonds is 4. The molecule has 5 nitrogen and oxygen atoms in total. The van der Waals surface area contributed by atoms with Crippen LogP contribution in [-0.4, -0.2) is 26.1 Å². The number of nitrogens with zero attached hydrogens (tertiary/aromatic N) is 1. The van der Waals surface area contributed by atoms with Crippen LogP contribution in [0.4, 0.5) is 0 Å². The van der Waals surface area contributed by atoms with Crippen molar-refractivity contribution in [3.05, 3.63) is 58.9 Å². The molecule has 0 unspecified atom stereocenters. The van der Waals surface area contributed by atoms with Crippen molar-refractivity contribution in [1.82, 2.24) is 15.2 Å². The van der Waals surface area contributed by atoms with Crippen molar-refractivity contribution >= 4 is 28.3 Å². The summed E-state index contributed by atoms with van der Waals surface area (Å²) in [4.78, 5) is 15.7. The molecule has 0 fully saturated rings. The molecule has 4 rings (SSSR count). The van der Waals surface area contributed by atoms with Gasteiger partial charge in [-0.15, -0.1) is 0 Å². The molecule has 0 atom stereocenters. The maximum absolute atomic E-state index is 12.4. The number of ketones is 1. The monoisotopic (exact) mass is 379 g/mol. The summed E-state index contributed by atoms with van der Waals surface area (Å²) in [6.45, 7) is 3.58. The number of benzene rings is 2. The van der Waals surface area contributed by atoms with Gasteiger partial charge in [0.2, 0.25) is 0 Å². The number of hydrogen-bond donors (Lipinski definition) is 3. The molecule has 0 amide bonds. The molecule has 2 aromatic heterocycles. The fourth-order valence-electron chi connectivity index (χ4n) is 3.58. The van der Waals surface area contributed by atoms with E-state index in [9.17, 15) is 9.90 Å². The van der Waals surface area contributed by atoms with Crippen molar-refractivity contribution in [2.24, 2.45) is 0 Å². The van der Waals surface area contributed by atoms with Gasteiger partial charge in [0.25, 0.3) is 0 Å². The van der Waals surface area contributed by atoms with E-state index in [1.807, 2.05) is 25.1 Å². The molecule has 0 spiro atoms. The van der Waals surface area contributed by atoms with Gasteiger partial charge >= 0.3 is 0 Å². The lowest BCUT2D eigenvalue weighted by Gasteiger charge is -2.09. The second-order valence-electron chi connectivity index (χ2n) is 6.44. The van der Waals surface area contributed by atoms with Gasteiger partial charge in [-0.05, 0) is 36.2 Å². The van der Waals surface area contributed by atoms with Gasteiger partial charge in [-0.3, -0.25) is 9.89 Å². The van der Waals surface area contributed by atoms with Crippen LogP contribution < -0.4 is 0 Å². The van der Waals surface area contributed by atoms with Gasteiger partial charge in [-0.2, -0.15) is 5.10 Å². The zero-order valence-electron chi connectivity index (χ0n) is 14.9. The predicted octanol–water partition coefficient (Wildman–Crippen LogP) is 5.35. The first kappa shape index (κ1) is 17.4. The molecule has 27 heavy (non-hydrogen) atoms. The molecule has 0 aliphatic carbocycles. The number of halogens is 1. The van der Waals surface area contributed by atoms with Crippen LogP contribution in [0.25, 0.3) is 33.3 Å². The number of phenols is 1. The van der Waals surface area contributed by atoms with Crippen LogP contribution in [0.5, 0.6) is 5.75 Å². The smallest absolute Gasteiger partial charge is 0.176 e. The highest BCUT2D eigenvalue weighted by atomic mass is 35.5. The third-order valence-electron chi connectivity index (χ3n) is 4.79. The average Bonchev–Trinajstić information content (AvgIpc) is 3.25. The molecule has 2 aromatic carbocycles. The minimum atomic E-state index is -0.0746. The third-order valence-corrected chi connectivity index (χ3v) is 5.10. The molecule has 4 aromatic rings. The largest absolute Gasteiger partial charge is 0.508 e. The minimum absolute atomic E-state index is 0.0746. The fraction of sp³-hybridized carbons (Fsp3) is 0.143. The highest BCUT2D eigenvalue weighted by Crippen LogP contribution is 2.41. The first-order valence-corrected chi connectivity index (χ1v) is 9.06. The second-order valence-corrected chi connectivity index (χ2v) is 6.85. The topological polar surface area (TPSA) is 81.8 Å². The first-order valence-electron chi connectivity index (χ1n) is 8.68. The Morgan fingerprint density at radius 2 is 2.04 bits per heavy atom. The van der Waals surface area contributed by atoms with Crippen molar-refractivity contribution in [3.63, 3.8) is 0 Å². The maximum atomic E-state index is 12.4. The molecule has 3 N–H and O–H groups in total. The number of aromatic hydroxyl groups is 1. The van der Waals surface area contributed by atoms with Crippen LogP contribution in [0.1, 0.15) is 29.9 Å². The molecular weight excluding hydrogens is 362 g/mol. The van der Waals surface area contributed by atoms with Crippen LogP contribution in [0.3, 0.4) is 0 Å². The number of Topliss-reactive ketones (excluding diaryl/α,β-unsaturated/α-hetero) is 1. The molecule has 0 radical (unpaired) electrons. The number of H-pyrrole nitrogens is 2. The molecule has 0 saturated heterocycles. The van der Waals surface area contributed by atoms with Crippen molar-refractivity contribution in [2.75, 3.05) is 0 Å². The average molecular weight is 380 g/mol. The molecule has 0 saturated carbocycles. The van der Waals surface area contributed by atoms with Crippen molar-refractivity contribution < 1.29 is 9.90 Å². The summed E-state index contributed by atoms with van der Waals surface area (Å²) in [5, 5.41) is 18.2. The predicted molar refractivity (Wildman–Crippen MR) is 107 cm³/mol. The van der Waals surface area contributed by atoms with Crippen molar-refractivity contribution in [2.45, 2.75) is 20.3 Å². The van der Waals surface area contributed by atoms with Crippen LogP contribution in [0, 0.1) is 0 Å². The van der Waals surface area contributed by atoms with Gasteiger partial charge in [-0.1, -0.05) is 30.7 Å². The Kier molecular flexibility index (Phi) is 4.24. The van der Waals surface area contributed by atoms with Crippen LogP contribution >= 0.6 is 11.6 Å². The van der Waals surface area contributed by atoms with Gasteiger partial charge in [0.1, 0.15) is 5.75 Å². The number of aromatic nitrogens is 3. The third kappa shape index (κ3) is 2.80. The Morgan fingerprint density at radius 3 is 2.74 bits per heavy atom. The number of nitrogens with one attached hydrogen (secondary N) is 2. The summed E-state index contributed by atoms with van der Waals surface area (Å²) in [5.74, 6) is 0.0135. The lowest BCUT2D eigenvalue weighted by Crippen LogP contribution is -1.96. The van der Waals surface area contributed by atoms with Gasteiger partial charge in [0.15, 0.2) is 5.78 Å². The summed E-state index contributed by atoms with van der Waals surface area (Å²) < 4.78 is 0. The summed E-state index contributed by atoms with van der Waals surface area (Å²) in [7, 11) is 0. The summed E-state index contributed by atoms with van der Waals surface area (Å²) >= 11 is 6.40. The zero-order chi connectivity index (χ0) is 19.1. The SMILES string of the molecule is CCc1c(-c2cccc3[nH]ncc23)[nH]c(C(C)=O)c1-c1ccc(O)cc1Cl. The highest BCUT2D eigenvalue weighted by molar-refractivity contribution is 6.33. The maximum Gasteiger partial charge on any atom is 0.176 e. The number of hydrogen-bond acceptors (Lipinski definition) is 3. The van der Waals surface area contributed by atoms with E-state index in [0.29, 0.717) is 17.1 Å². The standard InChI is InChI=1S/C21H18ClN3O2/c1-3-13-19(15-8-7-12(27)9-17(15)22)20(11(2)26)24-21(13)14-5-4-6-18-16(14)10-23-25-18/h4-10,24,27H,3H2,1-2H3,(H,23,25). The minimum Gasteiger partial charge on any atom is -0.508 e. The molecular formula is C21H18ClN3O2. The van der Waals surface area contributed by atoms with Crippen molar-refractivity contribution in [1.29, 1.82) is 0 Å². The molecule has 2 heterocycles. The van der Waals surface area contributed by atoms with E-state index >= 15 is 0 Å².